The molecule has 2 N–H and O–H groups in total. The molecule has 0 bridgehead atoms. The molecule has 1 atom stereocenters. The number of carbonyl (C=O) groups excluding carboxylic acids is 1. The number of nitrogens with one attached hydrogen (secondary N) is 2. The molecule has 0 aliphatic carbocycles. The van der Waals surface area contributed by atoms with Gasteiger partial charge >= 0.3 is 0 Å². The first kappa shape index (κ1) is 36.1. The number of aromatic amines is 1. The van der Waals surface area contributed by atoms with Crippen LogP contribution in [-0.2, 0) is 20.0 Å². The molecule has 0 aliphatic heterocycles. The Labute approximate surface area is 270 Å². The van der Waals surface area contributed by atoms with E-state index >= 15 is 0 Å². The van der Waals surface area contributed by atoms with E-state index in [0.29, 0.717) is 34.2 Å². The molecular weight excluding hydrogens is 594 g/mol. The summed E-state index contributed by atoms with van der Waals surface area (Å²) in [6.07, 6.45) is 17.2. The van der Waals surface area contributed by atoms with Crippen molar-refractivity contribution in [3.8, 4) is 11.4 Å². The molecule has 2 aromatic heterocycles. The zero-order valence-electron chi connectivity index (χ0n) is 27.6. The van der Waals surface area contributed by atoms with E-state index in [0.717, 1.165) is 25.0 Å². The van der Waals surface area contributed by atoms with Gasteiger partial charge in [0.15, 0.2) is 21.3 Å². The fourth-order valence-corrected chi connectivity index (χ4v) is 7.85. The van der Waals surface area contributed by atoms with E-state index in [9.17, 15) is 13.2 Å². The topological polar surface area (TPSA) is 109 Å². The molecule has 0 spiro atoms. The Balaban J connectivity index is 1.43. The van der Waals surface area contributed by atoms with Gasteiger partial charge < -0.3 is 5.32 Å². The van der Waals surface area contributed by atoms with E-state index in [1.54, 1.807) is 29.8 Å². The minimum atomic E-state index is -3.56. The summed E-state index contributed by atoms with van der Waals surface area (Å²) in [4.78, 5) is 17.7. The highest BCUT2D eigenvalue weighted by Crippen LogP contribution is 2.32. The second-order valence-electron chi connectivity index (χ2n) is 13.2. The molecule has 3 rings (SSSR count). The monoisotopic (exact) mass is 647 g/mol. The number of rotatable bonds is 20. The Bertz CT molecular complexity index is 1420. The highest BCUT2D eigenvalue weighted by molar-refractivity contribution is 7.92. The van der Waals surface area contributed by atoms with Crippen molar-refractivity contribution < 1.29 is 13.2 Å². The number of sulfone groups is 1. The van der Waals surface area contributed by atoms with Crippen molar-refractivity contribution in [3.05, 3.63) is 35.0 Å². The Kier molecular flexibility index (Phi) is 14.2. The lowest BCUT2D eigenvalue weighted by atomic mass is 9.92. The van der Waals surface area contributed by atoms with Gasteiger partial charge in [-0.25, -0.2) is 13.4 Å². The van der Waals surface area contributed by atoms with Crippen LogP contribution >= 0.6 is 11.6 Å². The molecule has 10 heteroatoms. The van der Waals surface area contributed by atoms with Crippen LogP contribution in [0.15, 0.2) is 24.3 Å². The highest BCUT2D eigenvalue weighted by atomic mass is 35.5. The number of H-pyrrole nitrogens is 1. The van der Waals surface area contributed by atoms with Gasteiger partial charge in [0.1, 0.15) is 10.3 Å². The van der Waals surface area contributed by atoms with E-state index < -0.39 is 21.0 Å². The lowest BCUT2D eigenvalue weighted by molar-refractivity contribution is -0.115. The Hall–Kier alpha value is -2.39. The standard InChI is InChI=1S/C34H54ClN5O3S/c1-6-8-9-10-11-12-13-14-15-16-17-18-19-20-24-44(42,43)28(7-2)33(41)36-27-23-21-22-26(25-27)31-37-32-29(35)30(34(3,4)5)38-40(32)39-31/h21-23,25,28,38H,6-20,24H2,1-5H3,(H,36,41). The molecule has 0 fully saturated rings. The van der Waals surface area contributed by atoms with Crippen LogP contribution in [0.1, 0.15) is 137 Å². The van der Waals surface area contributed by atoms with Crippen LogP contribution < -0.4 is 5.32 Å². The zero-order chi connectivity index (χ0) is 32.2. The molecule has 2 heterocycles. The van der Waals surface area contributed by atoms with E-state index in [1.807, 2.05) is 6.07 Å². The fourth-order valence-electron chi connectivity index (χ4n) is 5.62. The van der Waals surface area contributed by atoms with Crippen LogP contribution in [0.3, 0.4) is 0 Å². The molecule has 0 saturated heterocycles. The summed E-state index contributed by atoms with van der Waals surface area (Å²) in [6, 6.07) is 7.11. The summed E-state index contributed by atoms with van der Waals surface area (Å²) >= 11 is 6.57. The zero-order valence-corrected chi connectivity index (χ0v) is 29.1. The quantitative estimate of drug-likeness (QED) is 0.119. The molecule has 0 aliphatic rings. The smallest absolute Gasteiger partial charge is 0.242 e. The largest absolute Gasteiger partial charge is 0.325 e. The number of aromatic nitrogens is 4. The summed E-state index contributed by atoms with van der Waals surface area (Å²) in [7, 11) is -3.56. The molecule has 44 heavy (non-hydrogen) atoms. The predicted octanol–water partition coefficient (Wildman–Crippen LogP) is 9.29. The number of nitrogens with zero attached hydrogens (tertiary/aromatic N) is 3. The van der Waals surface area contributed by atoms with Gasteiger partial charge in [-0.05, 0) is 25.0 Å². The first-order valence-corrected chi connectivity index (χ1v) is 18.8. The number of benzene rings is 1. The predicted molar refractivity (Wildman–Crippen MR) is 183 cm³/mol. The molecule has 8 nitrogen and oxygen atoms in total. The minimum absolute atomic E-state index is 0.0406. The second kappa shape index (κ2) is 17.3. The molecule has 246 valence electrons. The van der Waals surface area contributed by atoms with Crippen molar-refractivity contribution in [2.24, 2.45) is 0 Å². The van der Waals surface area contributed by atoms with Crippen molar-refractivity contribution >= 4 is 38.7 Å². The molecule has 3 aromatic rings. The molecule has 0 saturated carbocycles. The van der Waals surface area contributed by atoms with Gasteiger partial charge in [0, 0.05) is 16.7 Å². The van der Waals surface area contributed by atoms with Crippen LogP contribution in [0.4, 0.5) is 5.69 Å². The van der Waals surface area contributed by atoms with E-state index in [4.69, 9.17) is 11.6 Å². The number of hydrogen-bond donors (Lipinski definition) is 2. The Morgan fingerprint density at radius 2 is 1.50 bits per heavy atom. The van der Waals surface area contributed by atoms with Crippen molar-refractivity contribution in [2.45, 2.75) is 142 Å². The van der Waals surface area contributed by atoms with E-state index in [-0.39, 0.29) is 17.6 Å². The van der Waals surface area contributed by atoms with Crippen molar-refractivity contribution in [1.82, 2.24) is 19.8 Å². The molecule has 1 amide bonds. The van der Waals surface area contributed by atoms with Gasteiger partial charge in [0.2, 0.25) is 5.91 Å². The van der Waals surface area contributed by atoms with Gasteiger partial charge in [-0.2, -0.15) is 4.63 Å². The second-order valence-corrected chi connectivity index (χ2v) is 15.8. The Morgan fingerprint density at radius 3 is 2.02 bits per heavy atom. The SMILES string of the molecule is CCCCCCCCCCCCCCCCS(=O)(=O)C(CC)C(=O)Nc1cccc(-c2nc3c(Cl)c(C(C)(C)C)[nH]n3n2)c1. The summed E-state index contributed by atoms with van der Waals surface area (Å²) in [5, 5.41) is 10.00. The number of fused-ring (bicyclic) bond motifs is 1. The van der Waals surface area contributed by atoms with Gasteiger partial charge in [-0.1, -0.05) is 142 Å². The maximum Gasteiger partial charge on any atom is 0.242 e. The van der Waals surface area contributed by atoms with E-state index in [2.05, 4.69) is 48.2 Å². The maximum absolute atomic E-state index is 13.1. The number of halogens is 1. The summed E-state index contributed by atoms with van der Waals surface area (Å²) in [6.45, 7) is 10.2. The van der Waals surface area contributed by atoms with Crippen LogP contribution in [0, 0.1) is 0 Å². The van der Waals surface area contributed by atoms with Crippen LogP contribution in [0.5, 0.6) is 0 Å². The number of carbonyl (C=O) groups is 1. The van der Waals surface area contributed by atoms with Gasteiger partial charge in [0.05, 0.1) is 11.4 Å². The van der Waals surface area contributed by atoms with Gasteiger partial charge in [-0.3, -0.25) is 9.89 Å². The Morgan fingerprint density at radius 1 is 0.932 bits per heavy atom. The molecule has 1 unspecified atom stereocenters. The van der Waals surface area contributed by atoms with Crippen LogP contribution in [-0.4, -0.2) is 45.1 Å². The average molecular weight is 648 g/mol. The first-order valence-electron chi connectivity index (χ1n) is 16.8. The molecule has 1 aromatic carbocycles. The molecular formula is C34H54ClN5O3S. The maximum atomic E-state index is 13.1. The third-order valence-corrected chi connectivity index (χ3v) is 10.9. The first-order chi connectivity index (χ1) is 21.0. The highest BCUT2D eigenvalue weighted by Gasteiger charge is 2.30. The summed E-state index contributed by atoms with van der Waals surface area (Å²) in [5.41, 5.74) is 2.38. The van der Waals surface area contributed by atoms with Gasteiger partial charge in [0.25, 0.3) is 0 Å². The van der Waals surface area contributed by atoms with Gasteiger partial charge in [-0.15, -0.1) is 5.10 Å². The van der Waals surface area contributed by atoms with Crippen molar-refractivity contribution in [2.75, 3.05) is 11.1 Å². The summed E-state index contributed by atoms with van der Waals surface area (Å²) in [5.74, 6) is -0.0103. The number of amides is 1. The minimum Gasteiger partial charge on any atom is -0.325 e. The lowest BCUT2D eigenvalue weighted by Crippen LogP contribution is -2.36. The lowest BCUT2D eigenvalue weighted by Gasteiger charge is -2.16. The summed E-state index contributed by atoms with van der Waals surface area (Å²) < 4.78 is 27.8. The number of unbranched alkanes of at least 4 members (excludes halogenated alkanes) is 13. The molecule has 0 radical (unpaired) electrons. The van der Waals surface area contributed by atoms with E-state index in [1.165, 1.54) is 64.2 Å². The van der Waals surface area contributed by atoms with Crippen molar-refractivity contribution in [3.63, 3.8) is 0 Å². The van der Waals surface area contributed by atoms with Crippen molar-refractivity contribution in [1.29, 1.82) is 0 Å². The fraction of sp³-hybridized carbons (Fsp3) is 0.676. The normalized spacial score (nSPS) is 13.0. The third-order valence-electron chi connectivity index (χ3n) is 8.26. The van der Waals surface area contributed by atoms with Crippen LogP contribution in [0.25, 0.3) is 17.0 Å². The number of hydrogen-bond acceptors (Lipinski definition) is 5. The van der Waals surface area contributed by atoms with Crippen LogP contribution in [0.2, 0.25) is 5.02 Å². The number of anilines is 1. The third kappa shape index (κ3) is 10.6. The average Bonchev–Trinajstić information content (AvgIpc) is 3.53.